The zero-order valence-corrected chi connectivity index (χ0v) is 50.0. The van der Waals surface area contributed by atoms with Gasteiger partial charge in [0.15, 0.2) is 0 Å². The Morgan fingerprint density at radius 2 is 1.20 bits per heavy atom. The van der Waals surface area contributed by atoms with E-state index in [1.54, 1.807) is 35.0 Å². The molecule has 80 heavy (non-hydrogen) atoms. The normalized spacial score (nSPS) is 16.5. The predicted molar refractivity (Wildman–Crippen MR) is 332 cm³/mol. The molecule has 0 atom stereocenters. The minimum absolute atomic E-state index is 0.0242. The Kier molecular flexibility index (Phi) is 10.4. The van der Waals surface area contributed by atoms with Crippen LogP contribution in [0.4, 0.5) is 0 Å². The van der Waals surface area contributed by atoms with Gasteiger partial charge in [0.1, 0.15) is 0 Å². The van der Waals surface area contributed by atoms with E-state index in [0.717, 1.165) is 57.4 Å². The fourth-order valence-electron chi connectivity index (χ4n) is 11.6. The molecular formula is C74H74N4OPt. The quantitative estimate of drug-likeness (QED) is 0.137. The van der Waals surface area contributed by atoms with Crippen molar-refractivity contribution >= 4 is 32.8 Å². The van der Waals surface area contributed by atoms with E-state index in [2.05, 4.69) is 134 Å². The van der Waals surface area contributed by atoms with Crippen molar-refractivity contribution in [3.8, 4) is 62.1 Å². The Bertz CT molecular complexity index is 4860. The van der Waals surface area contributed by atoms with Crippen LogP contribution >= 0.6 is 0 Å². The van der Waals surface area contributed by atoms with Gasteiger partial charge in [0.2, 0.25) is 0 Å². The molecule has 5 nitrogen and oxygen atoms in total. The van der Waals surface area contributed by atoms with E-state index in [0.29, 0.717) is 54.0 Å². The Morgan fingerprint density at radius 3 is 1.90 bits per heavy atom. The van der Waals surface area contributed by atoms with Gasteiger partial charge in [-0.25, -0.2) is 0 Å². The van der Waals surface area contributed by atoms with E-state index in [4.69, 9.17) is 16.6 Å². The third-order valence-electron chi connectivity index (χ3n) is 16.1. The first kappa shape index (κ1) is 41.6. The first-order valence-corrected chi connectivity index (χ1v) is 28.8. The van der Waals surface area contributed by atoms with Crippen LogP contribution in [-0.4, -0.2) is 18.7 Å². The SMILES string of the molecule is [2H]c1c([2H])c([2H])c(-c2cccc(-c3cc(C(C)(C)C)cc(C(C)(C)C)c3)c2-n2[c](=[Pt])n(-c3cccc(Oc4ccc5c6c([2H])c([2H])c([2H])c([2H])c6n(-c6cc(C([2H])([2H])C(C)C)c(-c7ccc8c(c7)C(C)(C)CCC8(C)C)cn6)c5c4)c3)c3ccccc32)c([2H])c1[2H]. The van der Waals surface area contributed by atoms with Crippen molar-refractivity contribution in [3.63, 3.8) is 0 Å². The molecule has 8 aromatic carbocycles. The Hall–Kier alpha value is -7.33. The summed E-state index contributed by atoms with van der Waals surface area (Å²) in [6.45, 7) is 25.9. The first-order chi connectivity index (χ1) is 42.6. The van der Waals surface area contributed by atoms with Crippen molar-refractivity contribution in [2.45, 2.75) is 124 Å². The molecule has 3 aromatic heterocycles. The van der Waals surface area contributed by atoms with E-state index in [9.17, 15) is 8.22 Å². The second kappa shape index (κ2) is 20.0. The molecule has 406 valence electrons. The van der Waals surface area contributed by atoms with Crippen LogP contribution in [-0.2, 0) is 47.4 Å². The second-order valence-corrected chi connectivity index (χ2v) is 26.2. The molecule has 12 rings (SSSR count). The summed E-state index contributed by atoms with van der Waals surface area (Å²) in [5.41, 5.74) is 12.0. The standard InChI is InChI=1S/C74H74N4O.Pt/c1-48(2)38-51-42-69(75-46-62(51)50-32-35-63-64(41-50)74(11,12)37-36-73(63,9)10)78-65-29-17-16-26-60(65)61-34-33-57(45-68(61)78)79-56-25-20-24-55(44-56)76-47-77(67-31-19-18-30-66(67)76)70-58(49-22-14-13-15-23-49)27-21-28-59(70)52-39-53(71(3,4)5)43-54(40-52)72(6,7)8;/h13-35,39-46,48H,36-38H2,1-12H3;/i13D,14D,15D,16D,17D,22D,23D,26D,29D,38D2;. The van der Waals surface area contributed by atoms with Gasteiger partial charge >= 0.3 is 352 Å². The topological polar surface area (TPSA) is 36.9 Å². The van der Waals surface area contributed by atoms with Crippen molar-refractivity contribution in [1.29, 1.82) is 0 Å². The third-order valence-corrected chi connectivity index (χ3v) is 17.1. The summed E-state index contributed by atoms with van der Waals surface area (Å²) >= 11 is 2.32. The molecular weight excluding hydrogens is 1160 g/mol. The summed E-state index contributed by atoms with van der Waals surface area (Å²) < 4.78 is 114. The van der Waals surface area contributed by atoms with Gasteiger partial charge in [-0.3, -0.25) is 0 Å². The molecule has 0 radical (unpaired) electrons. The summed E-state index contributed by atoms with van der Waals surface area (Å²) in [4.78, 5) is 5.09. The second-order valence-electron chi connectivity index (χ2n) is 25.2. The number of pyridine rings is 1. The van der Waals surface area contributed by atoms with Gasteiger partial charge in [0.25, 0.3) is 0 Å². The van der Waals surface area contributed by atoms with Gasteiger partial charge in [-0.15, -0.1) is 0 Å². The maximum atomic E-state index is 9.70. The molecule has 0 bridgehead atoms. The molecule has 0 fully saturated rings. The van der Waals surface area contributed by atoms with Crippen LogP contribution in [0.15, 0.2) is 188 Å². The molecule has 3 heterocycles. The molecule has 11 aromatic rings. The molecule has 6 heteroatoms. The first-order valence-electron chi connectivity index (χ1n) is 33.2. The van der Waals surface area contributed by atoms with Crippen LogP contribution in [0.1, 0.15) is 139 Å². The molecule has 0 amide bonds. The Labute approximate surface area is 499 Å². The summed E-state index contributed by atoms with van der Waals surface area (Å²) in [5.74, 6) is 0.679. The average Bonchev–Trinajstić information content (AvgIpc) is 1.63. The number of para-hydroxylation sites is 4. The zero-order chi connectivity index (χ0) is 65.7. The number of benzene rings is 8. The zero-order valence-electron chi connectivity index (χ0n) is 58.7. The van der Waals surface area contributed by atoms with Crippen molar-refractivity contribution < 1.29 is 39.2 Å². The summed E-state index contributed by atoms with van der Waals surface area (Å²) in [6.07, 6.45) is 1.91. The van der Waals surface area contributed by atoms with Gasteiger partial charge in [0, 0.05) is 14.5 Å². The van der Waals surface area contributed by atoms with Crippen molar-refractivity contribution in [3.05, 3.63) is 220 Å². The van der Waals surface area contributed by atoms with Gasteiger partial charge < -0.3 is 0 Å². The van der Waals surface area contributed by atoms with Crippen LogP contribution in [0.3, 0.4) is 0 Å². The molecule has 0 N–H and O–H groups in total. The molecule has 1 aliphatic rings. The number of hydrogen-bond acceptors (Lipinski definition) is 2. The number of aromatic nitrogens is 4. The van der Waals surface area contributed by atoms with Crippen molar-refractivity contribution in [1.82, 2.24) is 18.7 Å². The Balaban J connectivity index is 1.03. The van der Waals surface area contributed by atoms with Crippen LogP contribution < -0.4 is 4.74 Å². The third kappa shape index (κ3) is 9.64. The molecule has 0 aliphatic heterocycles. The van der Waals surface area contributed by atoms with Crippen LogP contribution in [0.25, 0.3) is 83.4 Å². The van der Waals surface area contributed by atoms with E-state index in [1.165, 1.54) is 11.1 Å². The van der Waals surface area contributed by atoms with Crippen molar-refractivity contribution in [2.24, 2.45) is 5.92 Å². The van der Waals surface area contributed by atoms with Gasteiger partial charge in [-0.2, -0.15) is 0 Å². The van der Waals surface area contributed by atoms with E-state index in [-0.39, 0.29) is 68.8 Å². The number of rotatable bonds is 10. The molecule has 1 aliphatic carbocycles. The average molecular weight is 1240 g/mol. The van der Waals surface area contributed by atoms with Gasteiger partial charge in [0.05, 0.1) is 5.48 Å². The monoisotopic (exact) mass is 1240 g/mol. The van der Waals surface area contributed by atoms with E-state index in [1.807, 2.05) is 80.6 Å². The number of ether oxygens (including phenoxy) is 1. The van der Waals surface area contributed by atoms with Crippen LogP contribution in [0.5, 0.6) is 11.5 Å². The summed E-state index contributed by atoms with van der Waals surface area (Å²) in [5, 5.41) is 0.826. The van der Waals surface area contributed by atoms with Crippen LogP contribution in [0, 0.1) is 9.72 Å². The van der Waals surface area contributed by atoms with Gasteiger partial charge in [-0.05, 0) is 58.2 Å². The van der Waals surface area contributed by atoms with Crippen molar-refractivity contribution in [2.75, 3.05) is 0 Å². The minimum atomic E-state index is -1.86. The fraction of sp³-hybridized carbons (Fsp3) is 0.270. The molecule has 0 spiro atoms. The van der Waals surface area contributed by atoms with Crippen LogP contribution in [0.2, 0.25) is 0 Å². The fourth-order valence-corrected chi connectivity index (χ4v) is 12.7. The number of imidazole rings is 1. The summed E-state index contributed by atoms with van der Waals surface area (Å²) in [7, 11) is 0. The Morgan fingerprint density at radius 1 is 0.562 bits per heavy atom. The summed E-state index contributed by atoms with van der Waals surface area (Å²) in [6, 6.07) is 38.5. The molecule has 0 saturated carbocycles. The number of fused-ring (bicyclic) bond motifs is 5. The number of nitrogens with zero attached hydrogens (tertiary/aromatic N) is 4. The maximum absolute atomic E-state index is 9.70. The van der Waals surface area contributed by atoms with Gasteiger partial charge in [-0.1, -0.05) is 71.8 Å². The van der Waals surface area contributed by atoms with E-state index < -0.39 is 36.5 Å². The number of hydrogen-bond donors (Lipinski definition) is 0. The molecule has 0 unspecified atom stereocenters. The predicted octanol–water partition coefficient (Wildman–Crippen LogP) is 19.9. The van der Waals surface area contributed by atoms with E-state index >= 15 is 0 Å². The molecule has 0 saturated heterocycles.